The molecule has 0 aliphatic carbocycles. The third-order valence-electron chi connectivity index (χ3n) is 0.341. The van der Waals surface area contributed by atoms with Gasteiger partial charge in [-0.05, 0) is 0 Å². The van der Waals surface area contributed by atoms with Crippen molar-refractivity contribution in [3.63, 3.8) is 0 Å². The zero-order valence-electron chi connectivity index (χ0n) is 9.14. The zero-order valence-corrected chi connectivity index (χ0v) is 9.56. The number of rotatable bonds is 0. The van der Waals surface area contributed by atoms with Gasteiger partial charge in [0.2, 0.25) is 0 Å². The van der Waals surface area contributed by atoms with E-state index in [2.05, 4.69) is 9.47 Å². The molecule has 12 heavy (non-hydrogen) atoms. The van der Waals surface area contributed by atoms with Crippen molar-refractivity contribution in [2.24, 2.45) is 0 Å². The summed E-state index contributed by atoms with van der Waals surface area (Å²) < 4.78 is 6.47. The van der Waals surface area contributed by atoms with E-state index in [4.69, 9.17) is 10.2 Å². The Kier molecular flexibility index (Phi) is 13.5. The van der Waals surface area contributed by atoms with Crippen molar-refractivity contribution in [2.75, 3.05) is 0 Å². The molecule has 0 aromatic heterocycles. The molecule has 0 spiro atoms. The van der Waals surface area contributed by atoms with Crippen LogP contribution < -0.4 is 29.6 Å². The topological polar surface area (TPSA) is 110 Å². The van der Waals surface area contributed by atoms with Crippen molar-refractivity contribution in [3.05, 3.63) is 0 Å². The monoisotopic (exact) mass is 200 g/mol. The van der Waals surface area contributed by atoms with Crippen LogP contribution in [0.4, 0.5) is 14.4 Å². The van der Waals surface area contributed by atoms with Gasteiger partial charge in [0.05, 0.1) is 0 Å². The molecular weight excluding hydrogens is 195 g/mol. The van der Waals surface area contributed by atoms with E-state index in [0.29, 0.717) is 0 Å². The third-order valence-corrected chi connectivity index (χ3v) is 0.341. The van der Waals surface area contributed by atoms with Crippen LogP contribution in [-0.4, -0.2) is 51.7 Å². The first-order chi connectivity index (χ1) is 4.52. The van der Waals surface area contributed by atoms with Crippen molar-refractivity contribution >= 4 is 41.5 Å². The van der Waals surface area contributed by atoms with Crippen LogP contribution in [0.3, 0.4) is 0 Å². The standard InChI is InChI=1S/C3H2O7.Mg.Na.3H/c4-1(5)9-3(8)10-2(6)7;;;;;/h(H,4,5)(H,6,7);;;;;/q;+2;+1;3*-1. The summed E-state index contributed by atoms with van der Waals surface area (Å²) in [4.78, 5) is 28.8. The molecule has 0 radical (unpaired) electrons. The summed E-state index contributed by atoms with van der Waals surface area (Å²) in [5.41, 5.74) is 0. The molecule has 0 atom stereocenters. The number of hydrogen-bond acceptors (Lipinski definition) is 5. The van der Waals surface area contributed by atoms with E-state index in [1.807, 2.05) is 0 Å². The van der Waals surface area contributed by atoms with E-state index in [1.54, 1.807) is 0 Å². The Morgan fingerprint density at radius 2 is 1.25 bits per heavy atom. The van der Waals surface area contributed by atoms with Gasteiger partial charge in [0, 0.05) is 0 Å². The molecule has 7 nitrogen and oxygen atoms in total. The first-order valence-corrected chi connectivity index (χ1v) is 1.88. The Balaban J connectivity index is -0.0000000405. The predicted octanol–water partition coefficient (Wildman–Crippen LogP) is -2.54. The fourth-order valence-electron chi connectivity index (χ4n) is 0.163. The Hall–Kier alpha value is -0.0238. The Labute approximate surface area is 109 Å². The number of carboxylic acid groups (broad SMARTS) is 2. The van der Waals surface area contributed by atoms with E-state index in [1.165, 1.54) is 0 Å². The first kappa shape index (κ1) is 17.9. The fraction of sp³-hybridized carbons (Fsp3) is 0. The van der Waals surface area contributed by atoms with Gasteiger partial charge < -0.3 is 24.0 Å². The van der Waals surface area contributed by atoms with Crippen molar-refractivity contribution in [3.8, 4) is 0 Å². The third kappa shape index (κ3) is 12.6. The number of carbonyl (C=O) groups is 3. The van der Waals surface area contributed by atoms with Gasteiger partial charge in [-0.15, -0.1) is 0 Å². The minimum absolute atomic E-state index is 0. The van der Waals surface area contributed by atoms with E-state index in [9.17, 15) is 14.4 Å². The fourth-order valence-corrected chi connectivity index (χ4v) is 0.163. The van der Waals surface area contributed by atoms with Gasteiger partial charge in [-0.25, -0.2) is 14.4 Å². The van der Waals surface area contributed by atoms with Crippen LogP contribution in [0.15, 0.2) is 0 Å². The maximum atomic E-state index is 9.86. The van der Waals surface area contributed by atoms with Crippen LogP contribution >= 0.6 is 0 Å². The quantitative estimate of drug-likeness (QED) is 0.252. The van der Waals surface area contributed by atoms with E-state index in [-0.39, 0.29) is 56.9 Å². The summed E-state index contributed by atoms with van der Waals surface area (Å²) >= 11 is 0. The molecule has 0 unspecified atom stereocenters. The molecule has 0 fully saturated rings. The molecule has 0 rings (SSSR count). The SMILES string of the molecule is O=C(O)OC(=O)OC(=O)O.[H-].[H-].[H-].[Mg+2].[Na+]. The number of ether oxygens (including phenoxy) is 2. The Bertz CT molecular complexity index is 172. The molecule has 0 saturated carbocycles. The number of hydrogen-bond donors (Lipinski definition) is 2. The average molecular weight is 200 g/mol. The smallest absolute Gasteiger partial charge is 1.00 e. The van der Waals surface area contributed by atoms with Gasteiger partial charge in [0.1, 0.15) is 0 Å². The Morgan fingerprint density at radius 1 is 1.00 bits per heavy atom. The van der Waals surface area contributed by atoms with Gasteiger partial charge in [0.25, 0.3) is 0 Å². The van der Waals surface area contributed by atoms with Gasteiger partial charge in [-0.3, -0.25) is 0 Å². The van der Waals surface area contributed by atoms with Crippen molar-refractivity contribution in [1.29, 1.82) is 0 Å². The van der Waals surface area contributed by atoms with E-state index >= 15 is 0 Å². The van der Waals surface area contributed by atoms with Crippen molar-refractivity contribution < 1.29 is 67.9 Å². The molecule has 0 aromatic carbocycles. The maximum absolute atomic E-state index is 9.86. The molecule has 0 aromatic rings. The minimum atomic E-state index is -1.92. The van der Waals surface area contributed by atoms with Crippen molar-refractivity contribution in [1.82, 2.24) is 0 Å². The normalized spacial score (nSPS) is 6.67. The van der Waals surface area contributed by atoms with Crippen LogP contribution in [0.1, 0.15) is 4.28 Å². The molecule has 0 heterocycles. The summed E-state index contributed by atoms with van der Waals surface area (Å²) in [5, 5.41) is 15.4. The second kappa shape index (κ2) is 9.07. The summed E-state index contributed by atoms with van der Waals surface area (Å²) in [6.07, 6.45) is -5.64. The minimum Gasteiger partial charge on any atom is -1.00 e. The molecule has 0 aliphatic heterocycles. The molecular formula is C3H5MgNaO7. The summed E-state index contributed by atoms with van der Waals surface area (Å²) in [7, 11) is 0. The predicted molar refractivity (Wildman–Crippen MR) is 32.7 cm³/mol. The van der Waals surface area contributed by atoms with Crippen LogP contribution in [0.5, 0.6) is 0 Å². The second-order valence-corrected chi connectivity index (χ2v) is 0.986. The van der Waals surface area contributed by atoms with Gasteiger partial charge in [0.15, 0.2) is 0 Å². The molecule has 2 N–H and O–H groups in total. The van der Waals surface area contributed by atoms with E-state index < -0.39 is 18.5 Å². The Morgan fingerprint density at radius 3 is 1.42 bits per heavy atom. The zero-order chi connectivity index (χ0) is 8.15. The molecule has 0 amide bonds. The molecule has 62 valence electrons. The van der Waals surface area contributed by atoms with Crippen LogP contribution in [-0.2, 0) is 9.47 Å². The van der Waals surface area contributed by atoms with Crippen molar-refractivity contribution in [2.45, 2.75) is 0 Å². The van der Waals surface area contributed by atoms with Gasteiger partial charge in [-0.2, -0.15) is 0 Å². The number of carbonyl (C=O) groups excluding carboxylic acids is 1. The van der Waals surface area contributed by atoms with Crippen LogP contribution in [0.25, 0.3) is 0 Å². The largest absolute Gasteiger partial charge is 2.00 e. The van der Waals surface area contributed by atoms with E-state index in [0.717, 1.165) is 0 Å². The van der Waals surface area contributed by atoms with Crippen LogP contribution in [0, 0.1) is 0 Å². The summed E-state index contributed by atoms with van der Waals surface area (Å²) in [6, 6.07) is 0. The average Bonchev–Trinajstić information content (AvgIpc) is 1.58. The summed E-state index contributed by atoms with van der Waals surface area (Å²) in [5.74, 6) is 0. The summed E-state index contributed by atoms with van der Waals surface area (Å²) in [6.45, 7) is 0. The van der Waals surface area contributed by atoms with Gasteiger partial charge in [-0.1, -0.05) is 0 Å². The second-order valence-electron chi connectivity index (χ2n) is 0.986. The van der Waals surface area contributed by atoms with Gasteiger partial charge >= 0.3 is 71.1 Å². The molecule has 0 bridgehead atoms. The first-order valence-electron chi connectivity index (χ1n) is 1.88. The van der Waals surface area contributed by atoms with Crippen LogP contribution in [0.2, 0.25) is 0 Å². The molecule has 0 saturated heterocycles. The molecule has 0 aliphatic rings. The maximum Gasteiger partial charge on any atom is 2.00 e. The molecule has 9 heteroatoms.